The van der Waals surface area contributed by atoms with Gasteiger partial charge in [-0.05, 0) is 18.2 Å². The number of aliphatic hydroxyl groups is 1. The Labute approximate surface area is 156 Å². The predicted octanol–water partition coefficient (Wildman–Crippen LogP) is 2.94. The zero-order valence-corrected chi connectivity index (χ0v) is 15.9. The van der Waals surface area contributed by atoms with Gasteiger partial charge in [-0.25, -0.2) is 4.39 Å². The van der Waals surface area contributed by atoms with Crippen molar-refractivity contribution in [3.63, 3.8) is 0 Å². The molecule has 0 aliphatic carbocycles. The van der Waals surface area contributed by atoms with Crippen molar-refractivity contribution in [3.05, 3.63) is 53.0 Å². The lowest BCUT2D eigenvalue weighted by atomic mass is 10.2. The first-order valence-corrected chi connectivity index (χ1v) is 8.55. The lowest BCUT2D eigenvalue weighted by molar-refractivity contribution is -0.136. The normalized spacial score (nSPS) is 12.3. The van der Waals surface area contributed by atoms with Crippen LogP contribution in [0, 0.1) is 5.82 Å². The highest BCUT2D eigenvalue weighted by atomic mass is 32.2. The van der Waals surface area contributed by atoms with Gasteiger partial charge in [0.1, 0.15) is 5.76 Å². The van der Waals surface area contributed by atoms with E-state index in [0.717, 1.165) is 6.07 Å². The van der Waals surface area contributed by atoms with Crippen molar-refractivity contribution >= 4 is 23.6 Å². The van der Waals surface area contributed by atoms with E-state index in [1.54, 1.807) is 6.92 Å². The summed E-state index contributed by atoms with van der Waals surface area (Å²) in [6.07, 6.45) is 1.43. The van der Waals surface area contributed by atoms with Crippen LogP contribution in [0.25, 0.3) is 0 Å². The van der Waals surface area contributed by atoms with E-state index in [9.17, 15) is 19.1 Å². The molecule has 0 spiro atoms. The SMILES string of the molecule is C=C(/C=C(\SC(C)CO)N(C)C(=O)c1ccc(F)c(OC)c1)OC(C)=O. The van der Waals surface area contributed by atoms with Gasteiger partial charge in [0.15, 0.2) is 11.6 Å². The average molecular weight is 383 g/mol. The fourth-order valence-corrected chi connectivity index (χ4v) is 2.82. The Bertz CT molecular complexity index is 720. The molecule has 0 radical (unpaired) electrons. The van der Waals surface area contributed by atoms with Crippen LogP contribution in [0.1, 0.15) is 24.2 Å². The molecule has 1 atom stereocenters. The highest BCUT2D eigenvalue weighted by Crippen LogP contribution is 2.28. The van der Waals surface area contributed by atoms with Crippen LogP contribution in [-0.2, 0) is 9.53 Å². The van der Waals surface area contributed by atoms with Crippen molar-refractivity contribution in [2.24, 2.45) is 0 Å². The molecular weight excluding hydrogens is 361 g/mol. The predicted molar refractivity (Wildman–Crippen MR) is 98.2 cm³/mol. The summed E-state index contributed by atoms with van der Waals surface area (Å²) < 4.78 is 23.3. The standard InChI is InChI=1S/C18H22FNO5S/c1-11(25-13(3)22)8-17(26-12(2)10-21)20(4)18(23)14-6-7-15(19)16(9-14)24-5/h6-9,12,21H,1,10H2,2-5H3/b17-8-. The second-order valence-electron chi connectivity index (χ2n) is 5.37. The number of hydrogen-bond donors (Lipinski definition) is 1. The maximum Gasteiger partial charge on any atom is 0.308 e. The van der Waals surface area contributed by atoms with Crippen LogP contribution in [0.4, 0.5) is 4.39 Å². The maximum absolute atomic E-state index is 13.6. The van der Waals surface area contributed by atoms with Crippen LogP contribution in [0.3, 0.4) is 0 Å². The third kappa shape index (κ3) is 6.20. The van der Waals surface area contributed by atoms with E-state index in [2.05, 4.69) is 6.58 Å². The van der Waals surface area contributed by atoms with Crippen LogP contribution in [0.5, 0.6) is 5.75 Å². The van der Waals surface area contributed by atoms with Gasteiger partial charge in [0, 0.05) is 30.9 Å². The quantitative estimate of drug-likeness (QED) is 0.423. The molecule has 26 heavy (non-hydrogen) atoms. The minimum absolute atomic E-state index is 0.0459. The van der Waals surface area contributed by atoms with Crippen molar-refractivity contribution in [3.8, 4) is 5.75 Å². The van der Waals surface area contributed by atoms with Gasteiger partial charge in [0.25, 0.3) is 5.91 Å². The molecule has 1 unspecified atom stereocenters. The molecule has 0 fully saturated rings. The molecular formula is C18H22FNO5S. The summed E-state index contributed by atoms with van der Waals surface area (Å²) in [4.78, 5) is 25.1. The fraction of sp³-hybridized carbons (Fsp3) is 0.333. The highest BCUT2D eigenvalue weighted by molar-refractivity contribution is 8.03. The number of allylic oxidation sites excluding steroid dienone is 1. The molecule has 1 aromatic rings. The number of methoxy groups -OCH3 is 1. The van der Waals surface area contributed by atoms with Gasteiger partial charge in [-0.2, -0.15) is 0 Å². The lowest BCUT2D eigenvalue weighted by Crippen LogP contribution is -2.26. The van der Waals surface area contributed by atoms with Gasteiger partial charge < -0.3 is 19.5 Å². The van der Waals surface area contributed by atoms with Gasteiger partial charge >= 0.3 is 5.97 Å². The van der Waals surface area contributed by atoms with Gasteiger partial charge in [0.2, 0.25) is 0 Å². The first kappa shape index (κ1) is 21.7. The zero-order valence-electron chi connectivity index (χ0n) is 15.1. The first-order valence-electron chi connectivity index (χ1n) is 7.67. The Hall–Kier alpha value is -2.32. The van der Waals surface area contributed by atoms with Crippen molar-refractivity contribution in [2.75, 3.05) is 20.8 Å². The number of benzene rings is 1. The smallest absolute Gasteiger partial charge is 0.308 e. The van der Waals surface area contributed by atoms with Gasteiger partial charge in [-0.3, -0.25) is 9.59 Å². The third-order valence-electron chi connectivity index (χ3n) is 3.17. The largest absolute Gasteiger partial charge is 0.494 e. The van der Waals surface area contributed by atoms with Crippen LogP contribution < -0.4 is 4.74 Å². The molecule has 0 aliphatic rings. The van der Waals surface area contributed by atoms with Crippen molar-refractivity contribution in [1.29, 1.82) is 0 Å². The van der Waals surface area contributed by atoms with Gasteiger partial charge in [-0.15, -0.1) is 11.8 Å². The fourth-order valence-electron chi connectivity index (χ4n) is 1.89. The first-order chi connectivity index (χ1) is 12.2. The van der Waals surface area contributed by atoms with Crippen molar-refractivity contribution < 1.29 is 28.6 Å². The second kappa shape index (κ2) is 9.98. The van der Waals surface area contributed by atoms with Crippen LogP contribution >= 0.6 is 11.8 Å². The number of halogens is 1. The molecule has 0 aliphatic heterocycles. The number of aliphatic hydroxyl groups excluding tert-OH is 1. The lowest BCUT2D eigenvalue weighted by Gasteiger charge is -2.23. The molecule has 1 amide bonds. The number of rotatable bonds is 8. The highest BCUT2D eigenvalue weighted by Gasteiger charge is 2.20. The Kier molecular flexibility index (Phi) is 8.34. The number of ether oxygens (including phenoxy) is 2. The molecule has 0 aromatic heterocycles. The number of amides is 1. The Morgan fingerprint density at radius 3 is 2.65 bits per heavy atom. The van der Waals surface area contributed by atoms with E-state index in [1.807, 2.05) is 0 Å². The number of esters is 1. The Morgan fingerprint density at radius 1 is 1.46 bits per heavy atom. The summed E-state index contributed by atoms with van der Waals surface area (Å²) in [6, 6.07) is 3.78. The Morgan fingerprint density at radius 2 is 2.12 bits per heavy atom. The molecule has 0 bridgehead atoms. The summed E-state index contributed by atoms with van der Waals surface area (Å²) in [5.41, 5.74) is 0.215. The molecule has 1 aromatic carbocycles. The molecule has 1 N–H and O–H groups in total. The molecule has 0 saturated heterocycles. The molecule has 0 saturated carbocycles. The molecule has 8 heteroatoms. The zero-order chi connectivity index (χ0) is 19.9. The summed E-state index contributed by atoms with van der Waals surface area (Å²) in [5.74, 6) is -1.53. The summed E-state index contributed by atoms with van der Waals surface area (Å²) in [7, 11) is 2.83. The number of thioether (sulfide) groups is 1. The van der Waals surface area contributed by atoms with Crippen molar-refractivity contribution in [1.82, 2.24) is 4.90 Å². The van der Waals surface area contributed by atoms with E-state index < -0.39 is 17.7 Å². The average Bonchev–Trinajstić information content (AvgIpc) is 2.59. The maximum atomic E-state index is 13.6. The third-order valence-corrected chi connectivity index (χ3v) is 4.36. The minimum atomic E-state index is -0.575. The van der Waals surface area contributed by atoms with E-state index >= 15 is 0 Å². The molecule has 0 heterocycles. The second-order valence-corrected chi connectivity index (χ2v) is 6.83. The number of carbonyl (C=O) groups excluding carboxylic acids is 2. The number of carbonyl (C=O) groups is 2. The van der Waals surface area contributed by atoms with Gasteiger partial charge in [-0.1, -0.05) is 13.5 Å². The van der Waals surface area contributed by atoms with Crippen LogP contribution in [0.15, 0.2) is 41.6 Å². The molecule has 142 valence electrons. The van der Waals surface area contributed by atoms with E-state index in [1.165, 1.54) is 56.0 Å². The monoisotopic (exact) mass is 383 g/mol. The summed E-state index contributed by atoms with van der Waals surface area (Å²) >= 11 is 1.20. The minimum Gasteiger partial charge on any atom is -0.494 e. The van der Waals surface area contributed by atoms with E-state index in [0.29, 0.717) is 5.03 Å². The van der Waals surface area contributed by atoms with E-state index in [-0.39, 0.29) is 28.9 Å². The molecule has 1 rings (SSSR count). The van der Waals surface area contributed by atoms with Crippen molar-refractivity contribution in [2.45, 2.75) is 19.1 Å². The summed E-state index contributed by atoms with van der Waals surface area (Å²) in [6.45, 7) is 6.51. The Balaban J connectivity index is 3.15. The van der Waals surface area contributed by atoms with Crippen LogP contribution in [-0.4, -0.2) is 47.9 Å². The van der Waals surface area contributed by atoms with E-state index in [4.69, 9.17) is 9.47 Å². The van der Waals surface area contributed by atoms with Crippen LogP contribution in [0.2, 0.25) is 0 Å². The van der Waals surface area contributed by atoms with Gasteiger partial charge in [0.05, 0.1) is 18.7 Å². The molecule has 6 nitrogen and oxygen atoms in total. The topological polar surface area (TPSA) is 76.1 Å². The summed E-state index contributed by atoms with van der Waals surface area (Å²) in [5, 5.41) is 9.47. The number of hydrogen-bond acceptors (Lipinski definition) is 6. The number of nitrogens with zero attached hydrogens (tertiary/aromatic N) is 1.